The highest BCUT2D eigenvalue weighted by Gasteiger charge is 2.26. The summed E-state index contributed by atoms with van der Waals surface area (Å²) in [5, 5.41) is 2.80. The van der Waals surface area contributed by atoms with Crippen molar-refractivity contribution in [2.45, 2.75) is 19.4 Å². The molecule has 1 heterocycles. The number of hydrogen-bond acceptors (Lipinski definition) is 3. The summed E-state index contributed by atoms with van der Waals surface area (Å²) in [6.45, 7) is 3.60. The summed E-state index contributed by atoms with van der Waals surface area (Å²) in [5.74, 6) is 0.388. The van der Waals surface area contributed by atoms with E-state index in [1.807, 2.05) is 0 Å². The second kappa shape index (κ2) is 5.14. The molecule has 0 atom stereocenters. The molecular formula is C9H12Cl2N2OS. The van der Waals surface area contributed by atoms with Crippen LogP contribution in [0.25, 0.3) is 0 Å². The number of thiazole rings is 1. The molecule has 1 aromatic rings. The van der Waals surface area contributed by atoms with Gasteiger partial charge >= 0.3 is 0 Å². The lowest BCUT2D eigenvalue weighted by Gasteiger charge is -2.25. The Labute approximate surface area is 103 Å². The molecule has 1 rings (SSSR count). The van der Waals surface area contributed by atoms with Crippen molar-refractivity contribution in [2.24, 2.45) is 0 Å². The number of halogens is 2. The van der Waals surface area contributed by atoms with Gasteiger partial charge in [-0.05, 0) is 13.8 Å². The van der Waals surface area contributed by atoms with Crippen molar-refractivity contribution in [3.8, 4) is 0 Å². The second-order valence-electron chi connectivity index (χ2n) is 3.55. The Bertz CT molecular complexity index is 350. The molecular weight excluding hydrogens is 255 g/mol. The van der Waals surface area contributed by atoms with Gasteiger partial charge < -0.3 is 5.32 Å². The van der Waals surface area contributed by atoms with E-state index in [1.165, 1.54) is 11.3 Å². The lowest BCUT2D eigenvalue weighted by atomic mass is 10.1. The van der Waals surface area contributed by atoms with Crippen LogP contribution in [0, 0.1) is 6.92 Å². The largest absolute Gasteiger partial charge is 0.344 e. The quantitative estimate of drug-likeness (QED) is 0.851. The summed E-state index contributed by atoms with van der Waals surface area (Å²) in [6, 6.07) is 0. The fraction of sp³-hybridized carbons (Fsp3) is 0.556. The average molecular weight is 267 g/mol. The van der Waals surface area contributed by atoms with E-state index in [0.29, 0.717) is 4.88 Å². The number of aromatic nitrogens is 1. The standard InChI is InChI=1S/C9H12Cl2N2OS/c1-6-7(15-5-12-6)8(14)13-9(2,3-10)4-11/h5H,3-4H2,1-2H3,(H,13,14). The molecule has 0 fully saturated rings. The zero-order valence-electron chi connectivity index (χ0n) is 8.51. The Hall–Kier alpha value is -0.320. The van der Waals surface area contributed by atoms with Gasteiger partial charge in [0.05, 0.1) is 16.7 Å². The maximum Gasteiger partial charge on any atom is 0.263 e. The number of hydrogen-bond donors (Lipinski definition) is 1. The molecule has 84 valence electrons. The fourth-order valence-electron chi connectivity index (χ4n) is 0.953. The first-order chi connectivity index (χ1) is 7.02. The summed E-state index contributed by atoms with van der Waals surface area (Å²) < 4.78 is 0. The van der Waals surface area contributed by atoms with E-state index in [-0.39, 0.29) is 17.7 Å². The maximum atomic E-state index is 11.8. The van der Waals surface area contributed by atoms with Gasteiger partial charge in [-0.1, -0.05) is 0 Å². The second-order valence-corrected chi connectivity index (χ2v) is 4.94. The Morgan fingerprint density at radius 3 is 2.60 bits per heavy atom. The first-order valence-corrected chi connectivity index (χ1v) is 6.32. The molecule has 0 aliphatic heterocycles. The molecule has 0 unspecified atom stereocenters. The third-order valence-corrected chi connectivity index (χ3v) is 4.06. The summed E-state index contributed by atoms with van der Waals surface area (Å²) in [7, 11) is 0. The van der Waals surface area contributed by atoms with E-state index in [9.17, 15) is 4.79 Å². The van der Waals surface area contributed by atoms with Crippen molar-refractivity contribution in [3.63, 3.8) is 0 Å². The van der Waals surface area contributed by atoms with Gasteiger partial charge in [0.2, 0.25) is 0 Å². The van der Waals surface area contributed by atoms with Gasteiger partial charge in [0.1, 0.15) is 4.88 Å². The van der Waals surface area contributed by atoms with Gasteiger partial charge in [0.15, 0.2) is 0 Å². The van der Waals surface area contributed by atoms with E-state index in [0.717, 1.165) is 5.69 Å². The first kappa shape index (κ1) is 12.7. The van der Waals surface area contributed by atoms with Crippen LogP contribution in [0.15, 0.2) is 5.51 Å². The molecule has 0 aliphatic rings. The topological polar surface area (TPSA) is 42.0 Å². The van der Waals surface area contributed by atoms with Crippen LogP contribution in [0.2, 0.25) is 0 Å². The van der Waals surface area contributed by atoms with Crippen molar-refractivity contribution in [2.75, 3.05) is 11.8 Å². The molecule has 0 saturated heterocycles. The number of carbonyl (C=O) groups excluding carboxylic acids is 1. The SMILES string of the molecule is Cc1ncsc1C(=O)NC(C)(CCl)CCl. The lowest BCUT2D eigenvalue weighted by molar-refractivity contribution is 0.0925. The van der Waals surface area contributed by atoms with Crippen LogP contribution in [0.4, 0.5) is 0 Å². The Morgan fingerprint density at radius 2 is 2.20 bits per heavy atom. The van der Waals surface area contributed by atoms with Gasteiger partial charge in [-0.25, -0.2) is 4.98 Å². The van der Waals surface area contributed by atoms with Crippen molar-refractivity contribution in [3.05, 3.63) is 16.1 Å². The Balaban J connectivity index is 2.76. The number of amides is 1. The fourth-order valence-corrected chi connectivity index (χ4v) is 2.07. The van der Waals surface area contributed by atoms with Crippen LogP contribution < -0.4 is 5.32 Å². The minimum atomic E-state index is -0.573. The predicted octanol–water partition coefficient (Wildman–Crippen LogP) is 2.42. The van der Waals surface area contributed by atoms with Crippen molar-refractivity contribution in [1.29, 1.82) is 0 Å². The molecule has 0 bridgehead atoms. The third-order valence-electron chi connectivity index (χ3n) is 1.96. The minimum absolute atomic E-state index is 0.168. The number of carbonyl (C=O) groups is 1. The van der Waals surface area contributed by atoms with Crippen molar-refractivity contribution < 1.29 is 4.79 Å². The molecule has 0 radical (unpaired) electrons. The van der Waals surface area contributed by atoms with Crippen LogP contribution in [0.1, 0.15) is 22.3 Å². The zero-order valence-corrected chi connectivity index (χ0v) is 10.8. The normalized spacial score (nSPS) is 11.5. The lowest BCUT2D eigenvalue weighted by Crippen LogP contribution is -2.49. The molecule has 1 aromatic heterocycles. The summed E-state index contributed by atoms with van der Waals surface area (Å²) in [4.78, 5) is 16.4. The van der Waals surface area contributed by atoms with Crippen molar-refractivity contribution >= 4 is 40.4 Å². The van der Waals surface area contributed by atoms with Crippen LogP contribution >= 0.6 is 34.5 Å². The zero-order chi connectivity index (χ0) is 11.5. The average Bonchev–Trinajstić information content (AvgIpc) is 2.64. The third kappa shape index (κ3) is 3.06. The molecule has 15 heavy (non-hydrogen) atoms. The van der Waals surface area contributed by atoms with Gasteiger partial charge in [-0.15, -0.1) is 34.5 Å². The molecule has 0 aliphatic carbocycles. The summed E-state index contributed by atoms with van der Waals surface area (Å²) >= 11 is 12.8. The number of rotatable bonds is 4. The van der Waals surface area contributed by atoms with Gasteiger partial charge in [0.25, 0.3) is 5.91 Å². The molecule has 0 spiro atoms. The molecule has 6 heteroatoms. The van der Waals surface area contributed by atoms with Gasteiger partial charge in [-0.3, -0.25) is 4.79 Å². The maximum absolute atomic E-state index is 11.8. The van der Waals surface area contributed by atoms with Gasteiger partial charge in [0, 0.05) is 11.8 Å². The number of nitrogens with zero attached hydrogens (tertiary/aromatic N) is 1. The van der Waals surface area contributed by atoms with E-state index < -0.39 is 5.54 Å². The van der Waals surface area contributed by atoms with Crippen LogP contribution in [-0.2, 0) is 0 Å². The molecule has 0 aromatic carbocycles. The smallest absolute Gasteiger partial charge is 0.263 e. The Kier molecular flexibility index (Phi) is 4.37. The van der Waals surface area contributed by atoms with Gasteiger partial charge in [-0.2, -0.15) is 0 Å². The molecule has 0 saturated carbocycles. The summed E-state index contributed by atoms with van der Waals surface area (Å²) in [5.41, 5.74) is 1.79. The number of alkyl halides is 2. The van der Waals surface area contributed by atoms with Crippen molar-refractivity contribution in [1.82, 2.24) is 10.3 Å². The predicted molar refractivity (Wildman–Crippen MR) is 64.2 cm³/mol. The molecule has 1 N–H and O–H groups in total. The highest BCUT2D eigenvalue weighted by Crippen LogP contribution is 2.15. The van der Waals surface area contributed by atoms with E-state index >= 15 is 0 Å². The highest BCUT2D eigenvalue weighted by molar-refractivity contribution is 7.11. The Morgan fingerprint density at radius 1 is 1.60 bits per heavy atom. The first-order valence-electron chi connectivity index (χ1n) is 4.37. The monoisotopic (exact) mass is 266 g/mol. The van der Waals surface area contributed by atoms with Crippen LogP contribution in [-0.4, -0.2) is 28.2 Å². The van der Waals surface area contributed by atoms with E-state index in [4.69, 9.17) is 23.2 Å². The number of aryl methyl sites for hydroxylation is 1. The van der Waals surface area contributed by atoms with Crippen LogP contribution in [0.5, 0.6) is 0 Å². The van der Waals surface area contributed by atoms with E-state index in [1.54, 1.807) is 19.4 Å². The van der Waals surface area contributed by atoms with Crippen LogP contribution in [0.3, 0.4) is 0 Å². The van der Waals surface area contributed by atoms with E-state index in [2.05, 4.69) is 10.3 Å². The number of nitrogens with one attached hydrogen (secondary N) is 1. The highest BCUT2D eigenvalue weighted by atomic mass is 35.5. The molecule has 3 nitrogen and oxygen atoms in total. The minimum Gasteiger partial charge on any atom is -0.344 e. The summed E-state index contributed by atoms with van der Waals surface area (Å²) in [6.07, 6.45) is 0. The molecule has 1 amide bonds.